The van der Waals surface area contributed by atoms with Gasteiger partial charge in [0.25, 0.3) is 5.91 Å². The highest BCUT2D eigenvalue weighted by Gasteiger charge is 2.15. The van der Waals surface area contributed by atoms with Crippen LogP contribution in [0.4, 0.5) is 0 Å². The number of amides is 1. The molecule has 0 aliphatic carbocycles. The van der Waals surface area contributed by atoms with E-state index in [0.29, 0.717) is 12.1 Å². The Morgan fingerprint density at radius 1 is 1.22 bits per heavy atom. The molecule has 18 heavy (non-hydrogen) atoms. The SMILES string of the molecule is CC(O)CN(C)C(=O)c1cccc2ccccc12. The molecule has 0 fully saturated rings. The topological polar surface area (TPSA) is 40.5 Å². The van der Waals surface area contributed by atoms with E-state index in [-0.39, 0.29) is 5.91 Å². The summed E-state index contributed by atoms with van der Waals surface area (Å²) in [5, 5.41) is 11.3. The number of aliphatic hydroxyl groups excluding tert-OH is 1. The Balaban J connectivity index is 2.39. The van der Waals surface area contributed by atoms with Crippen molar-refractivity contribution in [1.29, 1.82) is 0 Å². The molecule has 0 aliphatic rings. The third-order valence-electron chi connectivity index (χ3n) is 2.90. The van der Waals surface area contributed by atoms with E-state index < -0.39 is 6.10 Å². The second kappa shape index (κ2) is 5.19. The highest BCUT2D eigenvalue weighted by atomic mass is 16.3. The molecule has 0 saturated carbocycles. The van der Waals surface area contributed by atoms with Crippen LogP contribution >= 0.6 is 0 Å². The van der Waals surface area contributed by atoms with Crippen molar-refractivity contribution in [2.24, 2.45) is 0 Å². The minimum absolute atomic E-state index is 0.0623. The molecule has 0 radical (unpaired) electrons. The second-order valence-corrected chi connectivity index (χ2v) is 4.56. The monoisotopic (exact) mass is 243 g/mol. The van der Waals surface area contributed by atoms with Gasteiger partial charge in [-0.1, -0.05) is 36.4 Å². The van der Waals surface area contributed by atoms with Gasteiger partial charge in [-0.05, 0) is 23.8 Å². The Kier molecular flexibility index (Phi) is 3.63. The number of carbonyl (C=O) groups excluding carboxylic acids is 1. The van der Waals surface area contributed by atoms with Crippen LogP contribution in [0.1, 0.15) is 17.3 Å². The van der Waals surface area contributed by atoms with Crippen LogP contribution in [0.3, 0.4) is 0 Å². The van der Waals surface area contributed by atoms with Crippen molar-refractivity contribution in [3.8, 4) is 0 Å². The molecule has 2 aromatic rings. The van der Waals surface area contributed by atoms with E-state index in [2.05, 4.69) is 0 Å². The number of carbonyl (C=O) groups is 1. The fourth-order valence-electron chi connectivity index (χ4n) is 2.10. The van der Waals surface area contributed by atoms with Crippen LogP contribution in [0.15, 0.2) is 42.5 Å². The van der Waals surface area contributed by atoms with E-state index in [1.165, 1.54) is 0 Å². The summed E-state index contributed by atoms with van der Waals surface area (Å²) in [6.45, 7) is 2.01. The molecule has 0 heterocycles. The Morgan fingerprint density at radius 3 is 2.61 bits per heavy atom. The average Bonchev–Trinajstić information content (AvgIpc) is 2.36. The lowest BCUT2D eigenvalue weighted by molar-refractivity contribution is 0.0705. The molecule has 0 spiro atoms. The summed E-state index contributed by atoms with van der Waals surface area (Å²) in [4.78, 5) is 13.9. The maximum atomic E-state index is 12.3. The Hall–Kier alpha value is -1.87. The highest BCUT2D eigenvalue weighted by Crippen LogP contribution is 2.19. The number of hydrogen-bond donors (Lipinski definition) is 1. The maximum absolute atomic E-state index is 12.3. The van der Waals surface area contributed by atoms with E-state index in [9.17, 15) is 9.90 Å². The molecule has 94 valence electrons. The van der Waals surface area contributed by atoms with Crippen LogP contribution in [-0.2, 0) is 0 Å². The van der Waals surface area contributed by atoms with Crippen LogP contribution in [0.2, 0.25) is 0 Å². The second-order valence-electron chi connectivity index (χ2n) is 4.56. The minimum Gasteiger partial charge on any atom is -0.392 e. The first-order valence-electron chi connectivity index (χ1n) is 6.01. The molecule has 0 bridgehead atoms. The lowest BCUT2D eigenvalue weighted by Gasteiger charge is -2.19. The predicted molar refractivity (Wildman–Crippen MR) is 72.6 cm³/mol. The molecule has 1 amide bonds. The molecule has 2 aromatic carbocycles. The van der Waals surface area contributed by atoms with Crippen molar-refractivity contribution >= 4 is 16.7 Å². The molecule has 3 nitrogen and oxygen atoms in total. The zero-order valence-electron chi connectivity index (χ0n) is 10.6. The van der Waals surface area contributed by atoms with Crippen molar-refractivity contribution in [2.45, 2.75) is 13.0 Å². The van der Waals surface area contributed by atoms with E-state index in [1.54, 1.807) is 18.9 Å². The van der Waals surface area contributed by atoms with Crippen LogP contribution in [0.5, 0.6) is 0 Å². The number of nitrogens with zero attached hydrogens (tertiary/aromatic N) is 1. The molecule has 2 rings (SSSR count). The largest absolute Gasteiger partial charge is 0.392 e. The van der Waals surface area contributed by atoms with Crippen molar-refractivity contribution in [3.63, 3.8) is 0 Å². The summed E-state index contributed by atoms with van der Waals surface area (Å²) in [6.07, 6.45) is -0.520. The summed E-state index contributed by atoms with van der Waals surface area (Å²) >= 11 is 0. The van der Waals surface area contributed by atoms with Crippen LogP contribution in [0.25, 0.3) is 10.8 Å². The fraction of sp³-hybridized carbons (Fsp3) is 0.267. The first kappa shape index (κ1) is 12.6. The first-order chi connectivity index (χ1) is 8.59. The van der Waals surface area contributed by atoms with Crippen molar-refractivity contribution in [3.05, 3.63) is 48.0 Å². The van der Waals surface area contributed by atoms with E-state index in [4.69, 9.17) is 0 Å². The smallest absolute Gasteiger partial charge is 0.254 e. The van der Waals surface area contributed by atoms with E-state index in [1.807, 2.05) is 42.5 Å². The number of benzene rings is 2. The summed E-state index contributed by atoms with van der Waals surface area (Å²) < 4.78 is 0. The molecule has 3 heteroatoms. The zero-order chi connectivity index (χ0) is 13.1. The Morgan fingerprint density at radius 2 is 1.89 bits per heavy atom. The summed E-state index contributed by atoms with van der Waals surface area (Å²) in [7, 11) is 1.71. The summed E-state index contributed by atoms with van der Waals surface area (Å²) in [5.41, 5.74) is 0.677. The van der Waals surface area contributed by atoms with E-state index >= 15 is 0 Å². The van der Waals surface area contributed by atoms with Gasteiger partial charge < -0.3 is 10.0 Å². The molecule has 0 aromatic heterocycles. The Bertz CT molecular complexity index is 558. The van der Waals surface area contributed by atoms with Crippen molar-refractivity contribution in [2.75, 3.05) is 13.6 Å². The molecular formula is C15H17NO2. The molecule has 0 saturated heterocycles. The predicted octanol–water partition coefficient (Wildman–Crippen LogP) is 2.29. The van der Waals surface area contributed by atoms with Gasteiger partial charge in [-0.25, -0.2) is 0 Å². The van der Waals surface area contributed by atoms with Crippen molar-refractivity contribution < 1.29 is 9.90 Å². The van der Waals surface area contributed by atoms with Gasteiger partial charge in [0, 0.05) is 19.2 Å². The van der Waals surface area contributed by atoms with Gasteiger partial charge in [-0.3, -0.25) is 4.79 Å². The standard InChI is InChI=1S/C15H17NO2/c1-11(17)10-16(2)15(18)14-9-5-7-12-6-3-4-8-13(12)14/h3-9,11,17H,10H2,1-2H3. The number of fused-ring (bicyclic) bond motifs is 1. The zero-order valence-corrected chi connectivity index (χ0v) is 10.6. The van der Waals surface area contributed by atoms with Gasteiger partial charge in [-0.15, -0.1) is 0 Å². The van der Waals surface area contributed by atoms with Gasteiger partial charge in [-0.2, -0.15) is 0 Å². The lowest BCUT2D eigenvalue weighted by atomic mass is 10.0. The summed E-state index contributed by atoms with van der Waals surface area (Å²) in [6, 6.07) is 13.5. The number of aliphatic hydroxyl groups is 1. The number of hydrogen-bond acceptors (Lipinski definition) is 2. The van der Waals surface area contributed by atoms with Crippen LogP contribution < -0.4 is 0 Å². The number of rotatable bonds is 3. The summed E-state index contributed by atoms with van der Waals surface area (Å²) in [5.74, 6) is -0.0623. The third kappa shape index (κ3) is 2.51. The fourth-order valence-corrected chi connectivity index (χ4v) is 2.10. The quantitative estimate of drug-likeness (QED) is 0.898. The van der Waals surface area contributed by atoms with Crippen molar-refractivity contribution in [1.82, 2.24) is 4.90 Å². The molecule has 1 N–H and O–H groups in total. The molecule has 0 aliphatic heterocycles. The lowest BCUT2D eigenvalue weighted by Crippen LogP contribution is -2.33. The van der Waals surface area contributed by atoms with Crippen LogP contribution in [-0.4, -0.2) is 35.6 Å². The number of likely N-dealkylation sites (N-methyl/N-ethyl adjacent to an activating group) is 1. The molecule has 1 atom stereocenters. The van der Waals surface area contributed by atoms with Gasteiger partial charge in [0.2, 0.25) is 0 Å². The maximum Gasteiger partial charge on any atom is 0.254 e. The van der Waals surface area contributed by atoms with Gasteiger partial charge in [0.05, 0.1) is 6.10 Å². The third-order valence-corrected chi connectivity index (χ3v) is 2.90. The van der Waals surface area contributed by atoms with E-state index in [0.717, 1.165) is 10.8 Å². The van der Waals surface area contributed by atoms with Gasteiger partial charge in [0.15, 0.2) is 0 Å². The highest BCUT2D eigenvalue weighted by molar-refractivity contribution is 6.06. The molecular weight excluding hydrogens is 226 g/mol. The Labute approximate surface area is 107 Å². The first-order valence-corrected chi connectivity index (χ1v) is 6.01. The normalized spacial score (nSPS) is 12.4. The average molecular weight is 243 g/mol. The molecule has 1 unspecified atom stereocenters. The van der Waals surface area contributed by atoms with Crippen LogP contribution in [0, 0.1) is 0 Å². The minimum atomic E-state index is -0.520. The van der Waals surface area contributed by atoms with Gasteiger partial charge >= 0.3 is 0 Å². The van der Waals surface area contributed by atoms with Gasteiger partial charge in [0.1, 0.15) is 0 Å².